The number of rotatable bonds is 8. The molecule has 27 heavy (non-hydrogen) atoms. The Morgan fingerprint density at radius 2 is 1.85 bits per heavy atom. The first-order valence-electron chi connectivity index (χ1n) is 8.04. The number of amides is 2. The average molecular weight is 388 g/mol. The first-order valence-corrected chi connectivity index (χ1v) is 9.26. The van der Waals surface area contributed by atoms with E-state index in [9.17, 15) is 14.4 Å². The molecule has 7 nitrogen and oxygen atoms in total. The summed E-state index contributed by atoms with van der Waals surface area (Å²) in [6, 6.07) is 13.9. The Kier molecular flexibility index (Phi) is 7.69. The number of methoxy groups -OCH3 is 1. The highest BCUT2D eigenvalue weighted by atomic mass is 32.2. The highest BCUT2D eigenvalue weighted by Crippen LogP contribution is 2.19. The summed E-state index contributed by atoms with van der Waals surface area (Å²) in [6.45, 7) is -0.793. The number of hydrogen-bond donors (Lipinski definition) is 2. The molecule has 0 heterocycles. The standard InChI is InChI=1S/C19H20N2O5S/c1-25-16-9-4-3-8-15(16)19(24)20-11-18(23)26-12-17(22)21-13-6-5-7-14(10-13)27-2/h3-10H,11-12H2,1-2H3,(H,20,24)(H,21,22). The molecule has 2 rings (SSSR count). The molecule has 0 aliphatic carbocycles. The summed E-state index contributed by atoms with van der Waals surface area (Å²) in [6.07, 6.45) is 1.93. The normalized spacial score (nSPS) is 10.0. The van der Waals surface area contributed by atoms with Crippen LogP contribution < -0.4 is 15.4 Å². The Hall–Kier alpha value is -3.00. The molecule has 2 aromatic rings. The predicted molar refractivity (Wildman–Crippen MR) is 103 cm³/mol. The molecule has 0 saturated carbocycles. The molecule has 0 bridgehead atoms. The number of carbonyl (C=O) groups excluding carboxylic acids is 3. The lowest BCUT2D eigenvalue weighted by Crippen LogP contribution is -2.32. The molecule has 142 valence electrons. The van der Waals surface area contributed by atoms with Gasteiger partial charge in [-0.15, -0.1) is 11.8 Å². The van der Waals surface area contributed by atoms with Gasteiger partial charge in [0.15, 0.2) is 6.61 Å². The first kappa shape index (κ1) is 20.3. The number of para-hydroxylation sites is 1. The van der Waals surface area contributed by atoms with E-state index in [-0.39, 0.29) is 6.54 Å². The SMILES string of the molecule is COc1ccccc1C(=O)NCC(=O)OCC(=O)Nc1cccc(SC)c1. The van der Waals surface area contributed by atoms with Crippen molar-refractivity contribution in [3.8, 4) is 5.75 Å². The molecule has 2 aromatic carbocycles. The van der Waals surface area contributed by atoms with E-state index < -0.39 is 24.4 Å². The van der Waals surface area contributed by atoms with Gasteiger partial charge in [0, 0.05) is 10.6 Å². The highest BCUT2D eigenvalue weighted by molar-refractivity contribution is 7.98. The number of ether oxygens (including phenoxy) is 2. The van der Waals surface area contributed by atoms with Crippen molar-refractivity contribution in [3.05, 3.63) is 54.1 Å². The van der Waals surface area contributed by atoms with Gasteiger partial charge in [0.2, 0.25) is 0 Å². The highest BCUT2D eigenvalue weighted by Gasteiger charge is 2.14. The zero-order chi connectivity index (χ0) is 19.6. The zero-order valence-electron chi connectivity index (χ0n) is 15.0. The predicted octanol–water partition coefficient (Wildman–Crippen LogP) is 2.33. The molecule has 0 atom stereocenters. The quantitative estimate of drug-likeness (QED) is 0.533. The number of esters is 1. The summed E-state index contributed by atoms with van der Waals surface area (Å²) in [5.74, 6) is -1.25. The molecule has 0 fully saturated rings. The van der Waals surface area contributed by atoms with Crippen molar-refractivity contribution >= 4 is 35.2 Å². The van der Waals surface area contributed by atoms with E-state index >= 15 is 0 Å². The topological polar surface area (TPSA) is 93.7 Å². The van der Waals surface area contributed by atoms with Crippen LogP contribution in [-0.2, 0) is 14.3 Å². The summed E-state index contributed by atoms with van der Waals surface area (Å²) in [5, 5.41) is 5.08. The fourth-order valence-corrected chi connectivity index (χ4v) is 2.63. The lowest BCUT2D eigenvalue weighted by atomic mass is 10.2. The first-order chi connectivity index (χ1) is 13.0. The Balaban J connectivity index is 1.77. The van der Waals surface area contributed by atoms with Crippen LogP contribution in [0.2, 0.25) is 0 Å². The van der Waals surface area contributed by atoms with E-state index in [0.29, 0.717) is 17.0 Å². The van der Waals surface area contributed by atoms with Crippen LogP contribution in [0.3, 0.4) is 0 Å². The summed E-state index contributed by atoms with van der Waals surface area (Å²) in [7, 11) is 1.45. The molecular weight excluding hydrogens is 368 g/mol. The largest absolute Gasteiger partial charge is 0.496 e. The smallest absolute Gasteiger partial charge is 0.325 e. The molecule has 0 saturated heterocycles. The molecule has 0 spiro atoms. The molecule has 0 aliphatic rings. The fourth-order valence-electron chi connectivity index (χ4n) is 2.17. The minimum atomic E-state index is -0.716. The Morgan fingerprint density at radius 1 is 1.07 bits per heavy atom. The molecule has 0 aliphatic heterocycles. The maximum atomic E-state index is 12.1. The Bertz CT molecular complexity index is 825. The maximum absolute atomic E-state index is 12.1. The third-order valence-electron chi connectivity index (χ3n) is 3.46. The number of carbonyl (C=O) groups is 3. The van der Waals surface area contributed by atoms with E-state index in [2.05, 4.69) is 10.6 Å². The fraction of sp³-hybridized carbons (Fsp3) is 0.211. The van der Waals surface area contributed by atoms with Crippen LogP contribution in [0, 0.1) is 0 Å². The van der Waals surface area contributed by atoms with Crippen LogP contribution in [0.15, 0.2) is 53.4 Å². The molecule has 2 amide bonds. The number of benzene rings is 2. The van der Waals surface area contributed by atoms with E-state index in [0.717, 1.165) is 4.90 Å². The van der Waals surface area contributed by atoms with Crippen molar-refractivity contribution in [2.75, 3.05) is 31.8 Å². The van der Waals surface area contributed by atoms with Gasteiger partial charge in [0.05, 0.1) is 12.7 Å². The van der Waals surface area contributed by atoms with E-state index in [1.807, 2.05) is 24.5 Å². The second kappa shape index (κ2) is 10.2. The second-order valence-electron chi connectivity index (χ2n) is 5.32. The number of thioether (sulfide) groups is 1. The van der Waals surface area contributed by atoms with Crippen LogP contribution in [0.5, 0.6) is 5.75 Å². The van der Waals surface area contributed by atoms with Crippen molar-refractivity contribution in [1.82, 2.24) is 5.32 Å². The number of hydrogen-bond acceptors (Lipinski definition) is 6. The average Bonchev–Trinajstić information content (AvgIpc) is 2.70. The Morgan fingerprint density at radius 3 is 2.59 bits per heavy atom. The van der Waals surface area contributed by atoms with Gasteiger partial charge in [-0.3, -0.25) is 14.4 Å². The number of nitrogens with one attached hydrogen (secondary N) is 2. The van der Waals surface area contributed by atoms with Crippen molar-refractivity contribution in [1.29, 1.82) is 0 Å². The summed E-state index contributed by atoms with van der Waals surface area (Å²) in [4.78, 5) is 36.7. The van der Waals surface area contributed by atoms with Crippen molar-refractivity contribution in [2.24, 2.45) is 0 Å². The van der Waals surface area contributed by atoms with Gasteiger partial charge in [0.1, 0.15) is 12.3 Å². The molecular formula is C19H20N2O5S. The van der Waals surface area contributed by atoms with Crippen molar-refractivity contribution < 1.29 is 23.9 Å². The number of anilines is 1. The van der Waals surface area contributed by atoms with Crippen LogP contribution in [0.25, 0.3) is 0 Å². The van der Waals surface area contributed by atoms with Crippen molar-refractivity contribution in [3.63, 3.8) is 0 Å². The lowest BCUT2D eigenvalue weighted by Gasteiger charge is -2.09. The van der Waals surface area contributed by atoms with Gasteiger partial charge in [0.25, 0.3) is 11.8 Å². The third-order valence-corrected chi connectivity index (χ3v) is 4.19. The zero-order valence-corrected chi connectivity index (χ0v) is 15.8. The van der Waals surface area contributed by atoms with E-state index in [1.165, 1.54) is 7.11 Å². The van der Waals surface area contributed by atoms with Gasteiger partial charge < -0.3 is 20.1 Å². The lowest BCUT2D eigenvalue weighted by molar-refractivity contribution is -0.146. The molecule has 2 N–H and O–H groups in total. The van der Waals surface area contributed by atoms with E-state index in [4.69, 9.17) is 9.47 Å². The molecule has 8 heteroatoms. The second-order valence-corrected chi connectivity index (χ2v) is 6.20. The van der Waals surface area contributed by atoms with Gasteiger partial charge >= 0.3 is 5.97 Å². The summed E-state index contributed by atoms with van der Waals surface area (Å²) in [5.41, 5.74) is 0.923. The third kappa shape index (κ3) is 6.34. The minimum Gasteiger partial charge on any atom is -0.496 e. The summed E-state index contributed by atoms with van der Waals surface area (Å²) < 4.78 is 9.97. The van der Waals surface area contributed by atoms with Gasteiger partial charge in [-0.05, 0) is 36.6 Å². The van der Waals surface area contributed by atoms with Crippen LogP contribution >= 0.6 is 11.8 Å². The van der Waals surface area contributed by atoms with Crippen LogP contribution in [-0.4, -0.2) is 44.3 Å². The van der Waals surface area contributed by atoms with Gasteiger partial charge in [-0.25, -0.2) is 0 Å². The van der Waals surface area contributed by atoms with Crippen molar-refractivity contribution in [2.45, 2.75) is 4.90 Å². The maximum Gasteiger partial charge on any atom is 0.325 e. The summed E-state index contributed by atoms with van der Waals surface area (Å²) >= 11 is 1.55. The van der Waals surface area contributed by atoms with Gasteiger partial charge in [-0.2, -0.15) is 0 Å². The van der Waals surface area contributed by atoms with E-state index in [1.54, 1.807) is 42.1 Å². The van der Waals surface area contributed by atoms with Crippen LogP contribution in [0.1, 0.15) is 10.4 Å². The van der Waals surface area contributed by atoms with Crippen LogP contribution in [0.4, 0.5) is 5.69 Å². The molecule has 0 aromatic heterocycles. The van der Waals surface area contributed by atoms with Gasteiger partial charge in [-0.1, -0.05) is 18.2 Å². The molecule has 0 radical (unpaired) electrons. The Labute approximate surface area is 161 Å². The monoisotopic (exact) mass is 388 g/mol. The minimum absolute atomic E-state index is 0.305. The molecule has 0 unspecified atom stereocenters.